The van der Waals surface area contributed by atoms with Crippen molar-refractivity contribution in [2.75, 3.05) is 7.05 Å². The molecule has 0 aliphatic heterocycles. The predicted molar refractivity (Wildman–Crippen MR) is 99.2 cm³/mol. The van der Waals surface area contributed by atoms with Crippen LogP contribution >= 0.6 is 0 Å². The summed E-state index contributed by atoms with van der Waals surface area (Å²) in [6, 6.07) is 15.8. The Labute approximate surface area is 149 Å². The van der Waals surface area contributed by atoms with Gasteiger partial charge in [0.2, 0.25) is 0 Å². The molecule has 3 aliphatic rings. The quantitative estimate of drug-likeness (QED) is 0.841. The first kappa shape index (κ1) is 16.2. The van der Waals surface area contributed by atoms with E-state index in [0.717, 1.165) is 29.3 Å². The molecule has 1 N–H and O–H groups in total. The van der Waals surface area contributed by atoms with Crippen LogP contribution in [0, 0.1) is 11.8 Å². The standard InChI is InChI=1S/C22H25NO2/c1-23-22(24)18-8-12-20(13-9-18)25-19-10-6-17(7-11-19)21-14-15-2-4-16(21)5-3-15/h6-13,15-16,21H,2-5,14H2,1H3,(H,23,24). The fourth-order valence-corrected chi connectivity index (χ4v) is 4.52. The second kappa shape index (κ2) is 6.91. The average Bonchev–Trinajstić information content (AvgIpc) is 2.69. The number of ether oxygens (including phenoxy) is 1. The van der Waals surface area contributed by atoms with Crippen LogP contribution in [0.1, 0.15) is 53.9 Å². The van der Waals surface area contributed by atoms with Crippen molar-refractivity contribution in [2.24, 2.45) is 11.8 Å². The van der Waals surface area contributed by atoms with E-state index >= 15 is 0 Å². The summed E-state index contributed by atoms with van der Waals surface area (Å²) in [5, 5.41) is 2.62. The second-order valence-corrected chi connectivity index (χ2v) is 7.40. The summed E-state index contributed by atoms with van der Waals surface area (Å²) in [4.78, 5) is 11.6. The van der Waals surface area contributed by atoms with E-state index < -0.39 is 0 Å². The number of benzene rings is 2. The molecule has 0 radical (unpaired) electrons. The predicted octanol–water partition coefficient (Wildman–Crippen LogP) is 5.13. The Morgan fingerprint density at radius 1 is 0.920 bits per heavy atom. The maximum Gasteiger partial charge on any atom is 0.251 e. The minimum Gasteiger partial charge on any atom is -0.457 e. The number of carbonyl (C=O) groups is 1. The summed E-state index contributed by atoms with van der Waals surface area (Å²) in [5.74, 6) is 4.08. The van der Waals surface area contributed by atoms with E-state index in [1.807, 2.05) is 12.1 Å². The fraction of sp³-hybridized carbons (Fsp3) is 0.409. The molecule has 1 amide bonds. The second-order valence-electron chi connectivity index (χ2n) is 7.40. The summed E-state index contributed by atoms with van der Waals surface area (Å²) in [7, 11) is 1.63. The summed E-state index contributed by atoms with van der Waals surface area (Å²) in [5.41, 5.74) is 2.11. The van der Waals surface area contributed by atoms with Crippen LogP contribution in [0.2, 0.25) is 0 Å². The molecule has 2 aromatic rings. The molecule has 3 saturated carbocycles. The van der Waals surface area contributed by atoms with Crippen LogP contribution in [-0.2, 0) is 0 Å². The van der Waals surface area contributed by atoms with Crippen LogP contribution in [0.15, 0.2) is 48.5 Å². The van der Waals surface area contributed by atoms with Crippen LogP contribution in [0.5, 0.6) is 11.5 Å². The third-order valence-corrected chi connectivity index (χ3v) is 5.94. The van der Waals surface area contributed by atoms with Crippen molar-refractivity contribution in [1.82, 2.24) is 5.32 Å². The third-order valence-electron chi connectivity index (χ3n) is 5.94. The van der Waals surface area contributed by atoms with E-state index in [1.54, 1.807) is 19.2 Å². The minimum absolute atomic E-state index is 0.0855. The molecule has 130 valence electrons. The van der Waals surface area contributed by atoms with E-state index in [1.165, 1.54) is 37.7 Å². The first-order valence-corrected chi connectivity index (χ1v) is 9.33. The van der Waals surface area contributed by atoms with Gasteiger partial charge in [0.05, 0.1) is 0 Å². The average molecular weight is 335 g/mol. The molecule has 0 heterocycles. The van der Waals surface area contributed by atoms with Crippen molar-refractivity contribution in [1.29, 1.82) is 0 Å². The lowest BCUT2D eigenvalue weighted by Gasteiger charge is -2.42. The van der Waals surface area contributed by atoms with Gasteiger partial charge < -0.3 is 10.1 Å². The van der Waals surface area contributed by atoms with Gasteiger partial charge in [-0.25, -0.2) is 0 Å². The molecule has 1 atom stereocenters. The van der Waals surface area contributed by atoms with Crippen LogP contribution in [0.25, 0.3) is 0 Å². The molecule has 25 heavy (non-hydrogen) atoms. The lowest BCUT2D eigenvalue weighted by molar-refractivity contribution is 0.0963. The number of fused-ring (bicyclic) bond motifs is 3. The zero-order valence-corrected chi connectivity index (χ0v) is 14.7. The maximum absolute atomic E-state index is 11.6. The van der Waals surface area contributed by atoms with Gasteiger partial charge in [-0.1, -0.05) is 25.0 Å². The van der Waals surface area contributed by atoms with Gasteiger partial charge in [-0.3, -0.25) is 4.79 Å². The molecule has 3 aliphatic carbocycles. The van der Waals surface area contributed by atoms with Crippen molar-refractivity contribution in [3.8, 4) is 11.5 Å². The first-order valence-electron chi connectivity index (χ1n) is 9.33. The summed E-state index contributed by atoms with van der Waals surface area (Å²) in [6.45, 7) is 0. The molecule has 3 heteroatoms. The Kier molecular flexibility index (Phi) is 4.48. The van der Waals surface area contributed by atoms with Gasteiger partial charge in [0.15, 0.2) is 0 Å². The van der Waals surface area contributed by atoms with Gasteiger partial charge in [0.25, 0.3) is 5.91 Å². The van der Waals surface area contributed by atoms with E-state index in [2.05, 4.69) is 29.6 Å². The Morgan fingerprint density at radius 3 is 2.04 bits per heavy atom. The monoisotopic (exact) mass is 335 g/mol. The molecule has 2 bridgehead atoms. The van der Waals surface area contributed by atoms with Crippen molar-refractivity contribution in [2.45, 2.75) is 38.0 Å². The molecular weight excluding hydrogens is 310 g/mol. The zero-order valence-electron chi connectivity index (χ0n) is 14.7. The highest BCUT2D eigenvalue weighted by Gasteiger charge is 2.36. The fourth-order valence-electron chi connectivity index (χ4n) is 4.52. The van der Waals surface area contributed by atoms with Gasteiger partial charge in [-0.05, 0) is 79.0 Å². The molecule has 2 aromatic carbocycles. The summed E-state index contributed by atoms with van der Waals surface area (Å²) in [6.07, 6.45) is 7.06. The SMILES string of the molecule is CNC(=O)c1ccc(Oc2ccc(C3CC4CCC3CC4)cc2)cc1. The number of amides is 1. The first-order chi connectivity index (χ1) is 12.2. The van der Waals surface area contributed by atoms with E-state index in [0.29, 0.717) is 5.56 Å². The van der Waals surface area contributed by atoms with E-state index in [4.69, 9.17) is 4.74 Å². The van der Waals surface area contributed by atoms with Crippen molar-refractivity contribution in [3.63, 3.8) is 0 Å². The van der Waals surface area contributed by atoms with Crippen LogP contribution < -0.4 is 10.1 Å². The molecule has 1 unspecified atom stereocenters. The lowest BCUT2D eigenvalue weighted by atomic mass is 9.63. The number of carbonyl (C=O) groups excluding carboxylic acids is 1. The van der Waals surface area contributed by atoms with Gasteiger partial charge in [-0.2, -0.15) is 0 Å². The van der Waals surface area contributed by atoms with Crippen LogP contribution in [0.4, 0.5) is 0 Å². The third kappa shape index (κ3) is 3.41. The Hall–Kier alpha value is -2.29. The molecule has 5 rings (SSSR count). The van der Waals surface area contributed by atoms with Crippen LogP contribution in [0.3, 0.4) is 0 Å². The molecule has 0 spiro atoms. The molecule has 3 nitrogen and oxygen atoms in total. The Balaban J connectivity index is 1.43. The number of nitrogens with one attached hydrogen (secondary N) is 1. The van der Waals surface area contributed by atoms with E-state index in [9.17, 15) is 4.79 Å². The zero-order chi connectivity index (χ0) is 17.2. The minimum atomic E-state index is -0.0855. The molecule has 0 saturated heterocycles. The number of hydrogen-bond donors (Lipinski definition) is 1. The topological polar surface area (TPSA) is 38.3 Å². The van der Waals surface area contributed by atoms with Gasteiger partial charge in [0, 0.05) is 12.6 Å². The van der Waals surface area contributed by atoms with Gasteiger partial charge in [0.1, 0.15) is 11.5 Å². The maximum atomic E-state index is 11.6. The highest BCUT2D eigenvalue weighted by molar-refractivity contribution is 5.94. The molecule has 3 fully saturated rings. The van der Waals surface area contributed by atoms with Crippen molar-refractivity contribution < 1.29 is 9.53 Å². The highest BCUT2D eigenvalue weighted by atomic mass is 16.5. The smallest absolute Gasteiger partial charge is 0.251 e. The van der Waals surface area contributed by atoms with Crippen molar-refractivity contribution in [3.05, 3.63) is 59.7 Å². The Bertz CT molecular complexity index is 728. The summed E-state index contributed by atoms with van der Waals surface area (Å²) >= 11 is 0. The molecular formula is C22H25NO2. The lowest BCUT2D eigenvalue weighted by Crippen LogP contribution is -2.29. The van der Waals surface area contributed by atoms with E-state index in [-0.39, 0.29) is 5.91 Å². The number of hydrogen-bond acceptors (Lipinski definition) is 2. The van der Waals surface area contributed by atoms with Gasteiger partial charge in [-0.15, -0.1) is 0 Å². The molecule has 0 aromatic heterocycles. The van der Waals surface area contributed by atoms with Crippen LogP contribution in [-0.4, -0.2) is 13.0 Å². The van der Waals surface area contributed by atoms with Gasteiger partial charge >= 0.3 is 0 Å². The normalized spacial score (nSPS) is 24.8. The van der Waals surface area contributed by atoms with Crippen molar-refractivity contribution >= 4 is 5.91 Å². The number of rotatable bonds is 4. The largest absolute Gasteiger partial charge is 0.457 e. The highest BCUT2D eigenvalue weighted by Crippen LogP contribution is 2.49. The summed E-state index contributed by atoms with van der Waals surface area (Å²) < 4.78 is 5.92. The Morgan fingerprint density at radius 2 is 1.52 bits per heavy atom.